The summed E-state index contributed by atoms with van der Waals surface area (Å²) in [7, 11) is 0. The molecule has 0 spiro atoms. The standard InChI is InChI=1S/C19H24N10O7/c20-18-24-14-13(16(34)26-18)27(5-23-14)2-8(32)9(33)3-28-17(35)12-15(25-19(28)21)29(6-22-12)11-1-7(31)10(4-30)36-11/h5-11,30-33H,1-4H2,(H2,21,25)(H3,20,24,26,34)/t7?,8?,9?,10-,11-/m1/s1. The number of rotatable bonds is 7. The van der Waals surface area contributed by atoms with Gasteiger partial charge in [-0.1, -0.05) is 0 Å². The molecule has 0 saturated carbocycles. The van der Waals surface area contributed by atoms with E-state index in [0.29, 0.717) is 0 Å². The maximum absolute atomic E-state index is 13.1. The number of aliphatic hydroxyl groups is 4. The Balaban J connectivity index is 1.38. The molecule has 0 aromatic carbocycles. The van der Waals surface area contributed by atoms with Gasteiger partial charge in [-0.15, -0.1) is 0 Å². The Morgan fingerprint density at radius 2 is 1.89 bits per heavy atom. The number of nitrogen functional groups attached to an aromatic ring is 2. The highest BCUT2D eigenvalue weighted by atomic mass is 16.5. The van der Waals surface area contributed by atoms with Gasteiger partial charge in [-0.05, 0) is 0 Å². The molecule has 0 amide bonds. The molecule has 5 rings (SSSR count). The first-order chi connectivity index (χ1) is 17.2. The van der Waals surface area contributed by atoms with E-state index in [1.54, 1.807) is 0 Å². The van der Waals surface area contributed by atoms with Crippen LogP contribution >= 0.6 is 0 Å². The molecule has 1 aliphatic heterocycles. The Kier molecular flexibility index (Phi) is 5.92. The third-order valence-corrected chi connectivity index (χ3v) is 6.11. The van der Waals surface area contributed by atoms with Gasteiger partial charge < -0.3 is 41.2 Å². The summed E-state index contributed by atoms with van der Waals surface area (Å²) in [6.07, 6.45) is -2.57. The van der Waals surface area contributed by atoms with Gasteiger partial charge in [0.25, 0.3) is 11.1 Å². The molecule has 192 valence electrons. The number of nitrogens with two attached hydrogens (primary N) is 2. The molecular formula is C19H24N10O7. The van der Waals surface area contributed by atoms with E-state index in [0.717, 1.165) is 4.57 Å². The van der Waals surface area contributed by atoms with Crippen molar-refractivity contribution in [3.63, 3.8) is 0 Å². The number of anilines is 2. The van der Waals surface area contributed by atoms with Crippen LogP contribution in [0.1, 0.15) is 12.6 Å². The van der Waals surface area contributed by atoms with Crippen molar-refractivity contribution in [1.29, 1.82) is 0 Å². The molecule has 4 aromatic heterocycles. The minimum Gasteiger partial charge on any atom is -0.394 e. The van der Waals surface area contributed by atoms with Gasteiger partial charge in [0, 0.05) is 6.42 Å². The minimum absolute atomic E-state index is 0.0587. The number of aliphatic hydroxyl groups excluding tert-OH is 4. The lowest BCUT2D eigenvalue weighted by Gasteiger charge is -2.20. The lowest BCUT2D eigenvalue weighted by Crippen LogP contribution is -2.38. The van der Waals surface area contributed by atoms with Gasteiger partial charge in [0.05, 0.1) is 50.7 Å². The van der Waals surface area contributed by atoms with Gasteiger partial charge >= 0.3 is 0 Å². The fraction of sp³-hybridized carbons (Fsp3) is 0.474. The summed E-state index contributed by atoms with van der Waals surface area (Å²) in [5.41, 5.74) is 10.5. The first kappa shape index (κ1) is 23.8. The third-order valence-electron chi connectivity index (χ3n) is 6.11. The van der Waals surface area contributed by atoms with E-state index in [9.17, 15) is 30.0 Å². The van der Waals surface area contributed by atoms with Crippen LogP contribution < -0.4 is 22.6 Å². The summed E-state index contributed by atoms with van der Waals surface area (Å²) in [6.45, 7) is -1.03. The van der Waals surface area contributed by atoms with Crippen molar-refractivity contribution in [3.05, 3.63) is 33.4 Å². The van der Waals surface area contributed by atoms with E-state index in [2.05, 4.69) is 24.9 Å². The molecule has 5 atom stereocenters. The number of ether oxygens (including phenoxy) is 1. The highest BCUT2D eigenvalue weighted by Gasteiger charge is 2.35. The van der Waals surface area contributed by atoms with Crippen molar-refractivity contribution in [2.75, 3.05) is 18.1 Å². The fourth-order valence-electron chi connectivity index (χ4n) is 4.23. The van der Waals surface area contributed by atoms with Crippen LogP contribution in [0.3, 0.4) is 0 Å². The van der Waals surface area contributed by atoms with Crippen LogP contribution in [0.2, 0.25) is 0 Å². The zero-order chi connectivity index (χ0) is 25.7. The number of hydrogen-bond acceptors (Lipinski definition) is 13. The molecule has 0 bridgehead atoms. The number of aromatic amines is 1. The second kappa shape index (κ2) is 8.95. The first-order valence-electron chi connectivity index (χ1n) is 10.9. The van der Waals surface area contributed by atoms with Gasteiger partial charge in [0.1, 0.15) is 12.3 Å². The summed E-state index contributed by atoms with van der Waals surface area (Å²) in [5.74, 6) is -0.357. The molecule has 5 heterocycles. The van der Waals surface area contributed by atoms with Crippen LogP contribution in [0, 0.1) is 0 Å². The summed E-state index contributed by atoms with van der Waals surface area (Å²) < 4.78 is 9.30. The van der Waals surface area contributed by atoms with Crippen molar-refractivity contribution in [2.45, 2.75) is 50.2 Å². The van der Waals surface area contributed by atoms with E-state index in [1.165, 1.54) is 21.8 Å². The van der Waals surface area contributed by atoms with Gasteiger partial charge in [-0.3, -0.25) is 23.7 Å². The first-order valence-corrected chi connectivity index (χ1v) is 10.9. The highest BCUT2D eigenvalue weighted by molar-refractivity contribution is 5.71. The van der Waals surface area contributed by atoms with Crippen LogP contribution in [-0.2, 0) is 17.8 Å². The van der Waals surface area contributed by atoms with E-state index in [1.807, 2.05) is 0 Å². The van der Waals surface area contributed by atoms with Crippen LogP contribution in [-0.4, -0.2) is 90.1 Å². The van der Waals surface area contributed by atoms with E-state index in [4.69, 9.17) is 16.2 Å². The van der Waals surface area contributed by atoms with Gasteiger partial charge in [0.15, 0.2) is 22.3 Å². The Morgan fingerprint density at radius 3 is 2.61 bits per heavy atom. The second-order valence-corrected chi connectivity index (χ2v) is 8.48. The number of H-pyrrole nitrogens is 1. The van der Waals surface area contributed by atoms with Crippen molar-refractivity contribution < 1.29 is 25.2 Å². The monoisotopic (exact) mass is 504 g/mol. The summed E-state index contributed by atoms with van der Waals surface area (Å²) in [6, 6.07) is 0. The van der Waals surface area contributed by atoms with Crippen molar-refractivity contribution in [2.24, 2.45) is 0 Å². The second-order valence-electron chi connectivity index (χ2n) is 8.48. The lowest BCUT2D eigenvalue weighted by molar-refractivity contribution is -0.0432. The minimum atomic E-state index is -1.48. The number of nitrogens with one attached hydrogen (secondary N) is 1. The molecule has 0 aliphatic carbocycles. The van der Waals surface area contributed by atoms with Gasteiger partial charge in [-0.2, -0.15) is 9.97 Å². The normalized spacial score (nSPS) is 21.9. The number of fused-ring (bicyclic) bond motifs is 2. The molecule has 36 heavy (non-hydrogen) atoms. The Labute approximate surface area is 200 Å². The maximum Gasteiger partial charge on any atom is 0.283 e. The van der Waals surface area contributed by atoms with Crippen LogP contribution in [0.25, 0.3) is 22.3 Å². The van der Waals surface area contributed by atoms with E-state index >= 15 is 0 Å². The molecule has 17 heteroatoms. The van der Waals surface area contributed by atoms with Gasteiger partial charge in [0.2, 0.25) is 11.9 Å². The number of aromatic nitrogens is 8. The largest absolute Gasteiger partial charge is 0.394 e. The van der Waals surface area contributed by atoms with Crippen molar-refractivity contribution in [1.82, 2.24) is 38.6 Å². The molecular weight excluding hydrogens is 480 g/mol. The average Bonchev–Trinajstić information content (AvgIpc) is 3.53. The zero-order valence-electron chi connectivity index (χ0n) is 18.7. The van der Waals surface area contributed by atoms with E-state index < -0.39 is 48.3 Å². The molecule has 0 radical (unpaired) electrons. The Bertz CT molecular complexity index is 1540. The molecule has 1 fully saturated rings. The number of nitrogens with zero attached hydrogens (tertiary/aromatic N) is 7. The predicted octanol–water partition coefficient (Wildman–Crippen LogP) is -3.75. The molecule has 1 aliphatic rings. The van der Waals surface area contributed by atoms with Crippen LogP contribution in [0.4, 0.5) is 11.9 Å². The van der Waals surface area contributed by atoms with Gasteiger partial charge in [-0.25, -0.2) is 9.97 Å². The summed E-state index contributed by atoms with van der Waals surface area (Å²) >= 11 is 0. The Morgan fingerprint density at radius 1 is 1.14 bits per heavy atom. The third kappa shape index (κ3) is 3.97. The fourth-order valence-corrected chi connectivity index (χ4v) is 4.23. The summed E-state index contributed by atoms with van der Waals surface area (Å²) in [5, 5.41) is 40.5. The smallest absolute Gasteiger partial charge is 0.283 e. The lowest BCUT2D eigenvalue weighted by atomic mass is 10.2. The Hall–Kier alpha value is -3.90. The SMILES string of the molecule is Nc1nc2ncn(CC(O)C(O)Cn3c(N)nc4c(ncn4[C@H]4CC(O)[C@@H](CO)O4)c3=O)c2c(=O)[nH]1. The van der Waals surface area contributed by atoms with Crippen LogP contribution in [0.5, 0.6) is 0 Å². The maximum atomic E-state index is 13.1. The highest BCUT2D eigenvalue weighted by Crippen LogP contribution is 2.30. The number of hydrogen-bond donors (Lipinski definition) is 7. The molecule has 9 N–H and O–H groups in total. The molecule has 1 saturated heterocycles. The topological polar surface area (TPSA) is 258 Å². The van der Waals surface area contributed by atoms with E-state index in [-0.39, 0.29) is 53.8 Å². The zero-order valence-corrected chi connectivity index (χ0v) is 18.7. The molecule has 17 nitrogen and oxygen atoms in total. The molecule has 4 aromatic rings. The van der Waals surface area contributed by atoms with Crippen molar-refractivity contribution >= 4 is 34.2 Å². The quantitative estimate of drug-likeness (QED) is 0.128. The molecule has 3 unspecified atom stereocenters. The number of imidazole rings is 2. The predicted molar refractivity (Wildman–Crippen MR) is 122 cm³/mol. The summed E-state index contributed by atoms with van der Waals surface area (Å²) in [4.78, 5) is 43.7. The average molecular weight is 504 g/mol. The van der Waals surface area contributed by atoms with Crippen molar-refractivity contribution in [3.8, 4) is 0 Å². The van der Waals surface area contributed by atoms with Crippen LogP contribution in [0.15, 0.2) is 22.2 Å².